The third kappa shape index (κ3) is 5.28. The number of nitrogens with zero attached hydrogens (tertiary/aromatic N) is 3. The fraction of sp³-hybridized carbons (Fsp3) is 0.353. The van der Waals surface area contributed by atoms with E-state index >= 15 is 0 Å². The Bertz CT molecular complexity index is 721. The number of morpholine rings is 1. The molecule has 8 nitrogen and oxygen atoms in total. The smallest absolute Gasteiger partial charge is 0.319 e. The fourth-order valence-electron chi connectivity index (χ4n) is 2.48. The molecule has 0 aliphatic carbocycles. The quantitative estimate of drug-likeness (QED) is 0.679. The number of rotatable bonds is 6. The van der Waals surface area contributed by atoms with Crippen LogP contribution in [0.25, 0.3) is 0 Å². The van der Waals surface area contributed by atoms with Crippen molar-refractivity contribution in [2.75, 3.05) is 54.9 Å². The van der Waals surface area contributed by atoms with E-state index in [0.29, 0.717) is 37.8 Å². The molecule has 1 aliphatic heterocycles. The summed E-state index contributed by atoms with van der Waals surface area (Å²) >= 11 is 0. The molecule has 0 unspecified atom stereocenters. The molecule has 26 heavy (non-hydrogen) atoms. The predicted molar refractivity (Wildman–Crippen MR) is 97.0 cm³/mol. The molecule has 1 aromatic carbocycles. The molecule has 2 amide bonds. The second-order valence-electron chi connectivity index (χ2n) is 5.68. The van der Waals surface area contributed by atoms with Gasteiger partial charge in [0.25, 0.3) is 0 Å². The summed E-state index contributed by atoms with van der Waals surface area (Å²) in [5, 5.41) is 8.50. The molecule has 0 radical (unpaired) electrons. The molecule has 0 saturated carbocycles. The number of nitrogens with one attached hydrogen (secondary N) is 3. The molecule has 138 valence electrons. The average molecular weight is 360 g/mol. The van der Waals surface area contributed by atoms with Crippen molar-refractivity contribution in [3.8, 4) is 0 Å². The van der Waals surface area contributed by atoms with Crippen LogP contribution in [0.3, 0.4) is 0 Å². The Morgan fingerprint density at radius 3 is 2.69 bits per heavy atom. The first-order chi connectivity index (χ1) is 12.7. The lowest BCUT2D eigenvalue weighted by molar-refractivity contribution is 0.122. The van der Waals surface area contributed by atoms with Crippen molar-refractivity contribution in [1.29, 1.82) is 0 Å². The summed E-state index contributed by atoms with van der Waals surface area (Å²) in [4.78, 5) is 22.4. The summed E-state index contributed by atoms with van der Waals surface area (Å²) in [7, 11) is 0. The maximum Gasteiger partial charge on any atom is 0.319 e. The third-order valence-electron chi connectivity index (χ3n) is 3.81. The summed E-state index contributed by atoms with van der Waals surface area (Å²) < 4.78 is 18.2. The Labute approximate surface area is 150 Å². The molecule has 1 aromatic heterocycles. The van der Waals surface area contributed by atoms with Gasteiger partial charge in [-0.2, -0.15) is 0 Å². The lowest BCUT2D eigenvalue weighted by Gasteiger charge is -2.27. The van der Waals surface area contributed by atoms with Crippen molar-refractivity contribution in [3.05, 3.63) is 42.5 Å². The molecule has 2 aromatic rings. The predicted octanol–water partition coefficient (Wildman–Crippen LogP) is 1.69. The van der Waals surface area contributed by atoms with Crippen LogP contribution in [-0.2, 0) is 4.74 Å². The molecule has 1 fully saturated rings. The van der Waals surface area contributed by atoms with Crippen LogP contribution < -0.4 is 20.9 Å². The van der Waals surface area contributed by atoms with Gasteiger partial charge in [0.05, 0.1) is 13.2 Å². The lowest BCUT2D eigenvalue weighted by atomic mass is 10.3. The van der Waals surface area contributed by atoms with Crippen molar-refractivity contribution >= 4 is 23.4 Å². The van der Waals surface area contributed by atoms with Gasteiger partial charge in [-0.1, -0.05) is 0 Å². The fourth-order valence-corrected chi connectivity index (χ4v) is 2.48. The molecular formula is C17H21FN6O2. The van der Waals surface area contributed by atoms with E-state index in [1.807, 2.05) is 6.07 Å². The first-order valence-corrected chi connectivity index (χ1v) is 8.40. The number of hydrogen-bond acceptors (Lipinski definition) is 6. The van der Waals surface area contributed by atoms with Crippen molar-refractivity contribution in [2.24, 2.45) is 0 Å². The normalized spacial score (nSPS) is 14.0. The van der Waals surface area contributed by atoms with Crippen LogP contribution in [-0.4, -0.2) is 55.4 Å². The second-order valence-corrected chi connectivity index (χ2v) is 5.68. The van der Waals surface area contributed by atoms with E-state index < -0.39 is 0 Å². The summed E-state index contributed by atoms with van der Waals surface area (Å²) in [5.41, 5.74) is 0.530. The monoisotopic (exact) mass is 360 g/mol. The Morgan fingerprint density at radius 1 is 1.15 bits per heavy atom. The van der Waals surface area contributed by atoms with Gasteiger partial charge >= 0.3 is 6.03 Å². The van der Waals surface area contributed by atoms with Gasteiger partial charge in [0.2, 0.25) is 0 Å². The highest BCUT2D eigenvalue weighted by Gasteiger charge is 2.12. The van der Waals surface area contributed by atoms with E-state index in [9.17, 15) is 9.18 Å². The standard InChI is InChI=1S/C17H21FN6O2/c18-13-1-3-14(4-2-13)23-17(25)20-6-5-19-15-11-16(22-12-21-15)24-7-9-26-10-8-24/h1-4,11-12H,5-10H2,(H,19,21,22)(H2,20,23,25). The van der Waals surface area contributed by atoms with Crippen LogP contribution in [0.2, 0.25) is 0 Å². The summed E-state index contributed by atoms with van der Waals surface area (Å²) in [6, 6.07) is 7.11. The molecule has 3 rings (SSSR count). The Balaban J connectivity index is 1.40. The average Bonchev–Trinajstić information content (AvgIpc) is 2.68. The summed E-state index contributed by atoms with van der Waals surface area (Å²) in [5.74, 6) is 1.21. The maximum absolute atomic E-state index is 12.8. The van der Waals surface area contributed by atoms with Gasteiger partial charge in [-0.25, -0.2) is 19.2 Å². The number of amides is 2. The van der Waals surface area contributed by atoms with Gasteiger partial charge in [-0.3, -0.25) is 0 Å². The minimum Gasteiger partial charge on any atom is -0.378 e. The minimum atomic E-state index is -0.352. The second kappa shape index (κ2) is 8.95. The number of ether oxygens (including phenoxy) is 1. The molecule has 1 aliphatic rings. The number of benzene rings is 1. The summed E-state index contributed by atoms with van der Waals surface area (Å²) in [6.45, 7) is 3.92. The van der Waals surface area contributed by atoms with Crippen LogP contribution in [0.15, 0.2) is 36.7 Å². The van der Waals surface area contributed by atoms with Gasteiger partial charge in [-0.15, -0.1) is 0 Å². The first-order valence-electron chi connectivity index (χ1n) is 8.40. The largest absolute Gasteiger partial charge is 0.378 e. The molecule has 2 heterocycles. The van der Waals surface area contributed by atoms with E-state index in [1.54, 1.807) is 0 Å². The van der Waals surface area contributed by atoms with Crippen LogP contribution in [0.5, 0.6) is 0 Å². The number of hydrogen-bond donors (Lipinski definition) is 3. The lowest BCUT2D eigenvalue weighted by Crippen LogP contribution is -2.36. The van der Waals surface area contributed by atoms with Gasteiger partial charge in [-0.05, 0) is 24.3 Å². The van der Waals surface area contributed by atoms with E-state index in [0.717, 1.165) is 18.9 Å². The minimum absolute atomic E-state index is 0.346. The van der Waals surface area contributed by atoms with Gasteiger partial charge < -0.3 is 25.6 Å². The van der Waals surface area contributed by atoms with Gasteiger partial charge in [0.1, 0.15) is 23.8 Å². The SMILES string of the molecule is O=C(NCCNc1cc(N2CCOCC2)ncn1)Nc1ccc(F)cc1. The van der Waals surface area contributed by atoms with Crippen LogP contribution in [0, 0.1) is 5.82 Å². The Kier molecular flexibility index (Phi) is 6.15. The molecule has 0 bridgehead atoms. The number of urea groups is 1. The molecule has 0 atom stereocenters. The van der Waals surface area contributed by atoms with Crippen LogP contribution in [0.1, 0.15) is 0 Å². The zero-order valence-electron chi connectivity index (χ0n) is 14.2. The van der Waals surface area contributed by atoms with E-state index in [1.165, 1.54) is 30.6 Å². The van der Waals surface area contributed by atoms with Crippen molar-refractivity contribution in [1.82, 2.24) is 15.3 Å². The zero-order chi connectivity index (χ0) is 18.2. The first kappa shape index (κ1) is 17.9. The molecule has 1 saturated heterocycles. The van der Waals surface area contributed by atoms with E-state index in [-0.39, 0.29) is 11.8 Å². The molecule has 3 N–H and O–H groups in total. The van der Waals surface area contributed by atoms with Crippen LogP contribution in [0.4, 0.5) is 26.5 Å². The number of halogens is 1. The highest BCUT2D eigenvalue weighted by Crippen LogP contribution is 2.15. The van der Waals surface area contributed by atoms with Crippen molar-refractivity contribution < 1.29 is 13.9 Å². The highest BCUT2D eigenvalue weighted by atomic mass is 19.1. The van der Waals surface area contributed by atoms with E-state index in [2.05, 4.69) is 30.8 Å². The Morgan fingerprint density at radius 2 is 1.92 bits per heavy atom. The number of carbonyl (C=O) groups is 1. The highest BCUT2D eigenvalue weighted by molar-refractivity contribution is 5.89. The zero-order valence-corrected chi connectivity index (χ0v) is 14.2. The van der Waals surface area contributed by atoms with Crippen LogP contribution >= 0.6 is 0 Å². The third-order valence-corrected chi connectivity index (χ3v) is 3.81. The number of carbonyl (C=O) groups excluding carboxylic acids is 1. The van der Waals surface area contributed by atoms with Gasteiger partial charge in [0.15, 0.2) is 0 Å². The van der Waals surface area contributed by atoms with Crippen molar-refractivity contribution in [2.45, 2.75) is 0 Å². The van der Waals surface area contributed by atoms with Crippen molar-refractivity contribution in [3.63, 3.8) is 0 Å². The number of aromatic nitrogens is 2. The van der Waals surface area contributed by atoms with Gasteiger partial charge in [0, 0.05) is 37.9 Å². The van der Waals surface area contributed by atoms with E-state index in [4.69, 9.17) is 4.74 Å². The summed E-state index contributed by atoms with van der Waals surface area (Å²) in [6.07, 6.45) is 1.52. The Hall–Kier alpha value is -2.94. The topological polar surface area (TPSA) is 91.4 Å². The molecule has 9 heteroatoms. The molecule has 0 spiro atoms. The number of anilines is 3. The maximum atomic E-state index is 12.8. The molecular weight excluding hydrogens is 339 g/mol.